The molecule has 0 saturated carbocycles. The summed E-state index contributed by atoms with van der Waals surface area (Å²) in [6, 6.07) is 6.82. The number of furan rings is 1. The molecule has 0 aliphatic carbocycles. The normalized spacial score (nSPS) is 31.7. The Labute approximate surface area is 123 Å². The van der Waals surface area contributed by atoms with Gasteiger partial charge in [-0.25, -0.2) is 0 Å². The Morgan fingerprint density at radius 2 is 2.10 bits per heavy atom. The van der Waals surface area contributed by atoms with Gasteiger partial charge in [-0.1, -0.05) is 12.1 Å². The SMILES string of the molecule is C[C@H]1[C@@H](c2ccc3c(C(N)=O)coc3c2)C2CCN1CC2. The third-order valence-corrected chi connectivity index (χ3v) is 5.43. The van der Waals surface area contributed by atoms with Crippen LogP contribution in [0.4, 0.5) is 0 Å². The molecule has 0 radical (unpaired) electrons. The fourth-order valence-electron chi connectivity index (χ4n) is 4.30. The number of carbonyl (C=O) groups excluding carboxylic acids is 1. The Hall–Kier alpha value is -1.81. The maximum atomic E-state index is 11.4. The van der Waals surface area contributed by atoms with Gasteiger partial charge in [-0.3, -0.25) is 4.79 Å². The summed E-state index contributed by atoms with van der Waals surface area (Å²) in [5.74, 6) is 0.907. The quantitative estimate of drug-likeness (QED) is 0.922. The molecule has 4 nitrogen and oxygen atoms in total. The van der Waals surface area contributed by atoms with Crippen LogP contribution in [0.2, 0.25) is 0 Å². The summed E-state index contributed by atoms with van der Waals surface area (Å²) in [5.41, 5.74) is 7.94. The minimum absolute atomic E-state index is 0.433. The molecule has 5 rings (SSSR count). The van der Waals surface area contributed by atoms with Gasteiger partial charge in [-0.2, -0.15) is 0 Å². The summed E-state index contributed by atoms with van der Waals surface area (Å²) in [5, 5.41) is 0.820. The number of carbonyl (C=O) groups is 1. The van der Waals surface area contributed by atoms with E-state index in [2.05, 4.69) is 24.0 Å². The van der Waals surface area contributed by atoms with Crippen molar-refractivity contribution < 1.29 is 9.21 Å². The Bertz CT molecular complexity index is 696. The number of benzene rings is 1. The van der Waals surface area contributed by atoms with E-state index in [0.29, 0.717) is 17.5 Å². The molecule has 3 aliphatic rings. The molecule has 110 valence electrons. The van der Waals surface area contributed by atoms with Crippen LogP contribution >= 0.6 is 0 Å². The predicted octanol–water partition coefficient (Wildman–Crippen LogP) is 2.73. The van der Waals surface area contributed by atoms with Crippen molar-refractivity contribution in [2.45, 2.75) is 31.7 Å². The van der Waals surface area contributed by atoms with E-state index in [9.17, 15) is 4.79 Å². The fourth-order valence-corrected chi connectivity index (χ4v) is 4.30. The first-order valence-electron chi connectivity index (χ1n) is 7.70. The fraction of sp³-hybridized carbons (Fsp3) is 0.471. The molecule has 4 heterocycles. The lowest BCUT2D eigenvalue weighted by Gasteiger charge is -2.50. The number of hydrogen-bond donors (Lipinski definition) is 1. The molecule has 2 aromatic rings. The highest BCUT2D eigenvalue weighted by Gasteiger charge is 2.40. The van der Waals surface area contributed by atoms with Crippen molar-refractivity contribution in [3.05, 3.63) is 35.6 Å². The lowest BCUT2D eigenvalue weighted by atomic mass is 9.71. The summed E-state index contributed by atoms with van der Waals surface area (Å²) in [7, 11) is 0. The lowest BCUT2D eigenvalue weighted by Crippen LogP contribution is -2.52. The molecule has 0 spiro atoms. The van der Waals surface area contributed by atoms with Crippen molar-refractivity contribution in [2.24, 2.45) is 11.7 Å². The Morgan fingerprint density at radius 3 is 2.76 bits per heavy atom. The van der Waals surface area contributed by atoms with Gasteiger partial charge in [0, 0.05) is 17.3 Å². The average Bonchev–Trinajstić information content (AvgIpc) is 2.91. The number of fused-ring (bicyclic) bond motifs is 4. The van der Waals surface area contributed by atoms with E-state index in [-0.39, 0.29) is 0 Å². The molecule has 3 saturated heterocycles. The van der Waals surface area contributed by atoms with Crippen LogP contribution in [0.3, 0.4) is 0 Å². The number of nitrogens with zero attached hydrogens (tertiary/aromatic N) is 1. The van der Waals surface area contributed by atoms with Gasteiger partial charge in [0.15, 0.2) is 0 Å². The Morgan fingerprint density at radius 1 is 1.33 bits per heavy atom. The van der Waals surface area contributed by atoms with Gasteiger partial charge >= 0.3 is 0 Å². The van der Waals surface area contributed by atoms with Crippen molar-refractivity contribution in [3.8, 4) is 0 Å². The molecule has 2 N–H and O–H groups in total. The second kappa shape index (κ2) is 4.60. The highest BCUT2D eigenvalue weighted by atomic mass is 16.3. The highest BCUT2D eigenvalue weighted by Crippen LogP contribution is 2.43. The van der Waals surface area contributed by atoms with Gasteiger partial charge in [0.2, 0.25) is 0 Å². The first-order chi connectivity index (χ1) is 10.1. The van der Waals surface area contributed by atoms with Crippen molar-refractivity contribution in [1.29, 1.82) is 0 Å². The first-order valence-corrected chi connectivity index (χ1v) is 7.70. The topological polar surface area (TPSA) is 59.5 Å². The molecule has 21 heavy (non-hydrogen) atoms. The van der Waals surface area contributed by atoms with E-state index in [1.54, 1.807) is 0 Å². The van der Waals surface area contributed by atoms with Gasteiger partial charge in [-0.15, -0.1) is 0 Å². The molecular formula is C17H20N2O2. The van der Waals surface area contributed by atoms with Crippen LogP contribution in [0.5, 0.6) is 0 Å². The molecule has 4 heteroatoms. The molecule has 2 bridgehead atoms. The smallest absolute Gasteiger partial charge is 0.252 e. The van der Waals surface area contributed by atoms with Gasteiger partial charge in [0.05, 0.1) is 5.56 Å². The Balaban J connectivity index is 1.75. The van der Waals surface area contributed by atoms with E-state index in [4.69, 9.17) is 10.2 Å². The zero-order valence-corrected chi connectivity index (χ0v) is 12.2. The van der Waals surface area contributed by atoms with Crippen LogP contribution in [0.25, 0.3) is 11.0 Å². The molecule has 1 amide bonds. The molecule has 0 unspecified atom stereocenters. The zero-order valence-electron chi connectivity index (χ0n) is 12.2. The van der Waals surface area contributed by atoms with Crippen molar-refractivity contribution in [2.75, 3.05) is 13.1 Å². The largest absolute Gasteiger partial charge is 0.463 e. The molecule has 1 aromatic carbocycles. The van der Waals surface area contributed by atoms with Crippen LogP contribution in [-0.2, 0) is 0 Å². The molecular weight excluding hydrogens is 264 g/mol. The summed E-state index contributed by atoms with van der Waals surface area (Å²) in [4.78, 5) is 14.0. The summed E-state index contributed by atoms with van der Waals surface area (Å²) >= 11 is 0. The van der Waals surface area contributed by atoms with Gasteiger partial charge in [-0.05, 0) is 50.4 Å². The zero-order chi connectivity index (χ0) is 14.6. The molecule has 1 aromatic heterocycles. The van der Waals surface area contributed by atoms with Crippen molar-refractivity contribution in [3.63, 3.8) is 0 Å². The number of primary amides is 1. The minimum Gasteiger partial charge on any atom is -0.463 e. The average molecular weight is 284 g/mol. The van der Waals surface area contributed by atoms with Gasteiger partial charge in [0.25, 0.3) is 5.91 Å². The predicted molar refractivity (Wildman–Crippen MR) is 81.2 cm³/mol. The number of piperidine rings is 3. The van der Waals surface area contributed by atoms with Crippen LogP contribution in [0.1, 0.15) is 41.6 Å². The van der Waals surface area contributed by atoms with Crippen LogP contribution in [0.15, 0.2) is 28.9 Å². The summed E-state index contributed by atoms with van der Waals surface area (Å²) in [6.07, 6.45) is 4.05. The summed E-state index contributed by atoms with van der Waals surface area (Å²) in [6.45, 7) is 4.80. The number of nitrogens with two attached hydrogens (primary N) is 1. The lowest BCUT2D eigenvalue weighted by molar-refractivity contribution is 0.0350. The van der Waals surface area contributed by atoms with Gasteiger partial charge in [0.1, 0.15) is 11.8 Å². The number of hydrogen-bond acceptors (Lipinski definition) is 3. The monoisotopic (exact) mass is 284 g/mol. The number of amides is 1. The van der Waals surface area contributed by atoms with Crippen molar-refractivity contribution in [1.82, 2.24) is 4.90 Å². The van der Waals surface area contributed by atoms with Crippen LogP contribution in [-0.4, -0.2) is 29.9 Å². The van der Waals surface area contributed by atoms with Gasteiger partial charge < -0.3 is 15.1 Å². The van der Waals surface area contributed by atoms with Crippen LogP contribution in [0, 0.1) is 5.92 Å². The summed E-state index contributed by atoms with van der Waals surface area (Å²) < 4.78 is 5.54. The molecule has 3 aliphatic heterocycles. The van der Waals surface area contributed by atoms with Crippen LogP contribution < -0.4 is 5.73 Å². The Kier molecular flexibility index (Phi) is 2.82. The van der Waals surface area contributed by atoms with E-state index in [0.717, 1.165) is 16.9 Å². The molecule has 3 fully saturated rings. The molecule has 2 atom stereocenters. The van der Waals surface area contributed by atoms with E-state index < -0.39 is 5.91 Å². The third kappa shape index (κ3) is 1.89. The second-order valence-electron chi connectivity index (χ2n) is 6.41. The van der Waals surface area contributed by atoms with E-state index in [1.807, 2.05) is 6.07 Å². The van der Waals surface area contributed by atoms with E-state index in [1.165, 1.54) is 37.8 Å². The standard InChI is InChI=1S/C17H20N2O2/c1-10-16(11-4-6-19(10)7-5-11)12-2-3-13-14(17(18)20)9-21-15(13)8-12/h2-3,8-11,16H,4-7H2,1H3,(H2,18,20)/t10-,16+/m0/s1. The maximum absolute atomic E-state index is 11.4. The minimum atomic E-state index is -0.433. The van der Waals surface area contributed by atoms with E-state index >= 15 is 0 Å². The second-order valence-corrected chi connectivity index (χ2v) is 6.41. The highest BCUT2D eigenvalue weighted by molar-refractivity contribution is 6.05. The number of rotatable bonds is 2. The maximum Gasteiger partial charge on any atom is 0.252 e. The first kappa shape index (κ1) is 12.9. The van der Waals surface area contributed by atoms with Crippen molar-refractivity contribution >= 4 is 16.9 Å². The third-order valence-electron chi connectivity index (χ3n) is 5.43.